The molecule has 3 nitrogen and oxygen atoms in total. The third kappa shape index (κ3) is 7.27. The lowest BCUT2D eigenvalue weighted by Crippen LogP contribution is -2.26. The summed E-state index contributed by atoms with van der Waals surface area (Å²) in [5.74, 6) is 0.853. The average molecular weight is 442 g/mol. The van der Waals surface area contributed by atoms with Crippen LogP contribution >= 0.6 is 11.6 Å². The van der Waals surface area contributed by atoms with Gasteiger partial charge in [0.2, 0.25) is 0 Å². The first-order chi connectivity index (χ1) is 15.0. The van der Waals surface area contributed by atoms with E-state index in [9.17, 15) is 4.39 Å². The van der Waals surface area contributed by atoms with Gasteiger partial charge in [0.1, 0.15) is 12.4 Å². The van der Waals surface area contributed by atoms with Gasteiger partial charge < -0.3 is 14.8 Å². The monoisotopic (exact) mass is 441 g/mol. The summed E-state index contributed by atoms with van der Waals surface area (Å²) in [6.07, 6.45) is 2.09. The first-order valence-corrected chi connectivity index (χ1v) is 11.0. The molecular formula is C26H29ClFNO2. The van der Waals surface area contributed by atoms with Gasteiger partial charge in [-0.15, -0.1) is 0 Å². The molecule has 0 unspecified atom stereocenters. The SMILES string of the molecule is CCOc1cc(CN[C@@H](C)CCc2ccccc2)cc(Cl)c1OCc1ccc(F)cc1. The van der Waals surface area contributed by atoms with E-state index in [-0.39, 0.29) is 12.4 Å². The molecule has 3 aromatic carbocycles. The Kier molecular flexibility index (Phi) is 8.74. The molecule has 0 saturated heterocycles. The van der Waals surface area contributed by atoms with E-state index in [2.05, 4.69) is 36.5 Å². The summed E-state index contributed by atoms with van der Waals surface area (Å²) in [5.41, 5.74) is 3.24. The van der Waals surface area contributed by atoms with E-state index < -0.39 is 0 Å². The van der Waals surface area contributed by atoms with Gasteiger partial charge in [0.05, 0.1) is 11.6 Å². The van der Waals surface area contributed by atoms with E-state index in [1.165, 1.54) is 17.7 Å². The van der Waals surface area contributed by atoms with Crippen molar-refractivity contribution in [1.82, 2.24) is 5.32 Å². The molecule has 0 bridgehead atoms. The Bertz CT molecular complexity index is 948. The van der Waals surface area contributed by atoms with Crippen molar-refractivity contribution in [2.75, 3.05) is 6.61 Å². The maximum Gasteiger partial charge on any atom is 0.180 e. The van der Waals surface area contributed by atoms with Crippen molar-refractivity contribution >= 4 is 11.6 Å². The fraction of sp³-hybridized carbons (Fsp3) is 0.308. The van der Waals surface area contributed by atoms with E-state index in [4.69, 9.17) is 21.1 Å². The summed E-state index contributed by atoms with van der Waals surface area (Å²) < 4.78 is 24.8. The minimum atomic E-state index is -0.272. The minimum Gasteiger partial charge on any atom is -0.490 e. The highest BCUT2D eigenvalue weighted by Crippen LogP contribution is 2.37. The molecule has 0 aliphatic carbocycles. The van der Waals surface area contributed by atoms with Crippen molar-refractivity contribution in [2.45, 2.75) is 45.9 Å². The Morgan fingerprint density at radius 2 is 1.68 bits per heavy atom. The minimum absolute atomic E-state index is 0.272. The predicted octanol–water partition coefficient (Wildman–Crippen LogP) is 6.57. The molecule has 0 spiro atoms. The van der Waals surface area contributed by atoms with Crippen LogP contribution in [0.15, 0.2) is 66.7 Å². The molecule has 0 saturated carbocycles. The first-order valence-electron chi connectivity index (χ1n) is 10.6. The van der Waals surface area contributed by atoms with Crippen LogP contribution in [0.2, 0.25) is 5.02 Å². The number of benzene rings is 3. The smallest absolute Gasteiger partial charge is 0.180 e. The maximum atomic E-state index is 13.1. The Morgan fingerprint density at radius 1 is 0.935 bits per heavy atom. The number of hydrogen-bond acceptors (Lipinski definition) is 3. The molecule has 0 aromatic heterocycles. The van der Waals surface area contributed by atoms with Gasteiger partial charge in [0.15, 0.2) is 11.5 Å². The Balaban J connectivity index is 1.60. The van der Waals surface area contributed by atoms with Gasteiger partial charge in [-0.05, 0) is 67.6 Å². The zero-order valence-corrected chi connectivity index (χ0v) is 18.8. The topological polar surface area (TPSA) is 30.5 Å². The van der Waals surface area contributed by atoms with Crippen LogP contribution < -0.4 is 14.8 Å². The highest BCUT2D eigenvalue weighted by molar-refractivity contribution is 6.32. The van der Waals surface area contributed by atoms with Crippen molar-refractivity contribution in [3.05, 3.63) is 94.3 Å². The molecule has 0 aliphatic heterocycles. The van der Waals surface area contributed by atoms with Crippen LogP contribution in [-0.4, -0.2) is 12.6 Å². The van der Waals surface area contributed by atoms with Gasteiger partial charge in [-0.3, -0.25) is 0 Å². The first kappa shape index (κ1) is 23.1. The number of rotatable bonds is 11. The van der Waals surface area contributed by atoms with E-state index in [1.807, 2.05) is 25.1 Å². The average Bonchev–Trinajstić information content (AvgIpc) is 2.78. The molecule has 0 heterocycles. The van der Waals surface area contributed by atoms with Crippen molar-refractivity contribution in [3.63, 3.8) is 0 Å². The summed E-state index contributed by atoms with van der Waals surface area (Å²) in [5, 5.41) is 4.06. The Labute approximate surface area is 189 Å². The molecule has 164 valence electrons. The molecule has 0 aliphatic rings. The molecule has 31 heavy (non-hydrogen) atoms. The van der Waals surface area contributed by atoms with E-state index in [0.29, 0.717) is 35.7 Å². The van der Waals surface area contributed by atoms with E-state index in [0.717, 1.165) is 24.0 Å². The van der Waals surface area contributed by atoms with Gasteiger partial charge in [0.25, 0.3) is 0 Å². The lowest BCUT2D eigenvalue weighted by atomic mass is 10.1. The van der Waals surface area contributed by atoms with Crippen LogP contribution in [0.25, 0.3) is 0 Å². The summed E-state index contributed by atoms with van der Waals surface area (Å²) in [6.45, 7) is 5.60. The van der Waals surface area contributed by atoms with E-state index in [1.54, 1.807) is 12.1 Å². The lowest BCUT2D eigenvalue weighted by molar-refractivity contribution is 0.269. The van der Waals surface area contributed by atoms with Gasteiger partial charge in [0, 0.05) is 12.6 Å². The molecule has 3 aromatic rings. The number of hydrogen-bond donors (Lipinski definition) is 1. The van der Waals surface area contributed by atoms with Crippen LogP contribution in [0.3, 0.4) is 0 Å². The lowest BCUT2D eigenvalue weighted by Gasteiger charge is -2.17. The summed E-state index contributed by atoms with van der Waals surface area (Å²) in [7, 11) is 0. The molecular weight excluding hydrogens is 413 g/mol. The molecule has 1 atom stereocenters. The van der Waals surface area contributed by atoms with Crippen LogP contribution in [-0.2, 0) is 19.6 Å². The second-order valence-corrected chi connectivity index (χ2v) is 7.97. The molecule has 0 amide bonds. The zero-order valence-electron chi connectivity index (χ0n) is 18.0. The fourth-order valence-corrected chi connectivity index (χ4v) is 3.57. The standard InChI is InChI=1S/C26H29ClFNO2/c1-3-30-25-16-22(17-29-19(2)9-10-20-7-5-4-6-8-20)15-24(27)26(25)31-18-21-11-13-23(28)14-12-21/h4-8,11-16,19,29H,3,9-10,17-18H2,1-2H3/t19-/m0/s1. The maximum absolute atomic E-state index is 13.1. The van der Waals surface area contributed by atoms with Gasteiger partial charge >= 0.3 is 0 Å². The number of nitrogens with one attached hydrogen (secondary N) is 1. The van der Waals surface area contributed by atoms with Crippen molar-refractivity contribution < 1.29 is 13.9 Å². The summed E-state index contributed by atoms with van der Waals surface area (Å²) in [4.78, 5) is 0. The normalized spacial score (nSPS) is 11.9. The molecule has 3 rings (SSSR count). The quantitative estimate of drug-likeness (QED) is 0.365. The second kappa shape index (κ2) is 11.7. The van der Waals surface area contributed by atoms with Crippen LogP contribution in [0, 0.1) is 5.82 Å². The molecule has 0 radical (unpaired) electrons. The summed E-state index contributed by atoms with van der Waals surface area (Å²) in [6, 6.07) is 21.0. The molecule has 1 N–H and O–H groups in total. The largest absolute Gasteiger partial charge is 0.490 e. The fourth-order valence-electron chi connectivity index (χ4n) is 3.28. The Hall–Kier alpha value is -2.56. The second-order valence-electron chi connectivity index (χ2n) is 7.56. The van der Waals surface area contributed by atoms with Gasteiger partial charge in [-0.1, -0.05) is 54.1 Å². The third-order valence-electron chi connectivity index (χ3n) is 5.03. The molecule has 0 fully saturated rings. The van der Waals surface area contributed by atoms with Crippen molar-refractivity contribution in [2.24, 2.45) is 0 Å². The third-order valence-corrected chi connectivity index (χ3v) is 5.31. The highest BCUT2D eigenvalue weighted by atomic mass is 35.5. The Morgan fingerprint density at radius 3 is 2.39 bits per heavy atom. The summed E-state index contributed by atoms with van der Waals surface area (Å²) >= 11 is 6.53. The highest BCUT2D eigenvalue weighted by Gasteiger charge is 2.14. The number of halogens is 2. The van der Waals surface area contributed by atoms with Gasteiger partial charge in [-0.25, -0.2) is 4.39 Å². The van der Waals surface area contributed by atoms with Crippen LogP contribution in [0.4, 0.5) is 4.39 Å². The van der Waals surface area contributed by atoms with Gasteiger partial charge in [-0.2, -0.15) is 0 Å². The van der Waals surface area contributed by atoms with Crippen LogP contribution in [0.1, 0.15) is 37.0 Å². The zero-order chi connectivity index (χ0) is 22.1. The van der Waals surface area contributed by atoms with Crippen LogP contribution in [0.5, 0.6) is 11.5 Å². The molecule has 5 heteroatoms. The predicted molar refractivity (Wildman–Crippen MR) is 124 cm³/mol. The number of aryl methyl sites for hydroxylation is 1. The van der Waals surface area contributed by atoms with E-state index >= 15 is 0 Å². The van der Waals surface area contributed by atoms with Crippen molar-refractivity contribution in [1.29, 1.82) is 0 Å². The van der Waals surface area contributed by atoms with Crippen molar-refractivity contribution in [3.8, 4) is 11.5 Å². The number of ether oxygens (including phenoxy) is 2.